The number of aryl methyl sites for hydroxylation is 2. The summed E-state index contributed by atoms with van der Waals surface area (Å²) < 4.78 is 28.9. The number of sulfonamides is 1. The maximum atomic E-state index is 12.9. The number of benzene rings is 1. The van der Waals surface area contributed by atoms with Gasteiger partial charge in [0.25, 0.3) is 0 Å². The zero-order valence-corrected chi connectivity index (χ0v) is 15.6. The second-order valence-electron chi connectivity index (χ2n) is 6.94. The van der Waals surface area contributed by atoms with Crippen LogP contribution in [0.3, 0.4) is 0 Å². The minimum Gasteiger partial charge on any atom is -0.282 e. The second-order valence-corrected chi connectivity index (χ2v) is 8.88. The SMILES string of the molecule is O=[N+]([O-])c1cnn(CN2CCN(S(=O)(=O)c3ccc4c(c3)CCC4)CC2)c1. The van der Waals surface area contributed by atoms with Gasteiger partial charge >= 0.3 is 5.69 Å². The molecule has 4 rings (SSSR count). The van der Waals surface area contributed by atoms with Crippen molar-refractivity contribution < 1.29 is 13.3 Å². The van der Waals surface area contributed by atoms with Gasteiger partial charge in [-0.3, -0.25) is 19.7 Å². The van der Waals surface area contributed by atoms with E-state index < -0.39 is 14.9 Å². The molecule has 10 heteroatoms. The summed E-state index contributed by atoms with van der Waals surface area (Å²) in [6.07, 6.45) is 5.66. The lowest BCUT2D eigenvalue weighted by Crippen LogP contribution is -2.48. The Hall–Kier alpha value is -2.30. The molecule has 2 aromatic rings. The Kier molecular flexibility index (Phi) is 4.70. The molecule has 0 N–H and O–H groups in total. The maximum Gasteiger partial charge on any atom is 0.307 e. The Morgan fingerprint density at radius 3 is 2.56 bits per heavy atom. The van der Waals surface area contributed by atoms with E-state index in [1.54, 1.807) is 6.07 Å². The zero-order valence-electron chi connectivity index (χ0n) is 14.8. The summed E-state index contributed by atoms with van der Waals surface area (Å²) in [5.41, 5.74) is 2.36. The third-order valence-corrected chi connectivity index (χ3v) is 7.11. The Morgan fingerprint density at radius 1 is 1.11 bits per heavy atom. The molecule has 0 spiro atoms. The Bertz CT molecular complexity index is 963. The molecule has 1 aliphatic heterocycles. The molecular formula is C17H21N5O4S. The molecule has 0 unspecified atom stereocenters. The van der Waals surface area contributed by atoms with Gasteiger partial charge in [0.05, 0.1) is 16.5 Å². The second kappa shape index (κ2) is 7.02. The molecule has 2 aliphatic rings. The molecule has 1 saturated heterocycles. The van der Waals surface area contributed by atoms with Crippen LogP contribution < -0.4 is 0 Å². The molecule has 144 valence electrons. The van der Waals surface area contributed by atoms with Crippen molar-refractivity contribution >= 4 is 15.7 Å². The van der Waals surface area contributed by atoms with E-state index in [1.807, 2.05) is 17.0 Å². The van der Waals surface area contributed by atoms with Gasteiger partial charge in [0.15, 0.2) is 0 Å². The van der Waals surface area contributed by atoms with Crippen LogP contribution in [0.4, 0.5) is 5.69 Å². The predicted octanol–water partition coefficient (Wildman–Crippen LogP) is 1.24. The van der Waals surface area contributed by atoms with E-state index in [9.17, 15) is 18.5 Å². The highest BCUT2D eigenvalue weighted by molar-refractivity contribution is 7.89. The minimum atomic E-state index is -3.49. The van der Waals surface area contributed by atoms with Crippen LogP contribution >= 0.6 is 0 Å². The van der Waals surface area contributed by atoms with Crippen molar-refractivity contribution in [2.75, 3.05) is 26.2 Å². The van der Waals surface area contributed by atoms with Gasteiger partial charge in [0.2, 0.25) is 10.0 Å². The van der Waals surface area contributed by atoms with Crippen molar-refractivity contribution in [2.45, 2.75) is 30.8 Å². The van der Waals surface area contributed by atoms with Crippen molar-refractivity contribution in [3.63, 3.8) is 0 Å². The maximum absolute atomic E-state index is 12.9. The highest BCUT2D eigenvalue weighted by Crippen LogP contribution is 2.26. The van der Waals surface area contributed by atoms with Crippen molar-refractivity contribution in [2.24, 2.45) is 0 Å². The lowest BCUT2D eigenvalue weighted by molar-refractivity contribution is -0.385. The van der Waals surface area contributed by atoms with Crippen LogP contribution in [0.5, 0.6) is 0 Å². The average Bonchev–Trinajstić information content (AvgIpc) is 3.30. The molecule has 0 atom stereocenters. The highest BCUT2D eigenvalue weighted by Gasteiger charge is 2.29. The van der Waals surface area contributed by atoms with E-state index >= 15 is 0 Å². The number of rotatable bonds is 5. The van der Waals surface area contributed by atoms with Crippen molar-refractivity contribution in [1.29, 1.82) is 0 Å². The summed E-state index contributed by atoms with van der Waals surface area (Å²) in [5, 5.41) is 14.7. The summed E-state index contributed by atoms with van der Waals surface area (Å²) >= 11 is 0. The van der Waals surface area contributed by atoms with E-state index in [0.29, 0.717) is 37.7 Å². The van der Waals surface area contributed by atoms with Gasteiger partial charge in [0, 0.05) is 26.2 Å². The summed E-state index contributed by atoms with van der Waals surface area (Å²) in [6.45, 7) is 2.29. The smallest absolute Gasteiger partial charge is 0.282 e. The first kappa shape index (κ1) is 18.1. The number of fused-ring (bicyclic) bond motifs is 1. The first-order valence-corrected chi connectivity index (χ1v) is 10.4. The van der Waals surface area contributed by atoms with Crippen molar-refractivity contribution in [1.82, 2.24) is 19.0 Å². The lowest BCUT2D eigenvalue weighted by Gasteiger charge is -2.33. The topological polar surface area (TPSA) is 102 Å². The fourth-order valence-electron chi connectivity index (χ4n) is 3.70. The minimum absolute atomic E-state index is 0.0483. The zero-order chi connectivity index (χ0) is 19.0. The first-order chi connectivity index (χ1) is 12.9. The van der Waals surface area contributed by atoms with Crippen molar-refractivity contribution in [3.8, 4) is 0 Å². The molecule has 27 heavy (non-hydrogen) atoms. The highest BCUT2D eigenvalue weighted by atomic mass is 32.2. The monoisotopic (exact) mass is 391 g/mol. The van der Waals surface area contributed by atoms with Gasteiger partial charge < -0.3 is 0 Å². The molecule has 2 heterocycles. The normalized spacial score (nSPS) is 18.5. The molecule has 9 nitrogen and oxygen atoms in total. The Morgan fingerprint density at radius 2 is 1.85 bits per heavy atom. The van der Waals surface area contributed by atoms with E-state index in [2.05, 4.69) is 5.10 Å². The molecule has 0 saturated carbocycles. The lowest BCUT2D eigenvalue weighted by atomic mass is 10.1. The molecular weight excluding hydrogens is 370 g/mol. The molecule has 0 radical (unpaired) electrons. The summed E-state index contributed by atoms with van der Waals surface area (Å²) in [4.78, 5) is 12.7. The third-order valence-electron chi connectivity index (χ3n) is 5.21. The van der Waals surface area contributed by atoms with Gasteiger partial charge in [-0.2, -0.15) is 9.40 Å². The Balaban J connectivity index is 1.40. The van der Waals surface area contributed by atoms with Crippen LogP contribution in [0.15, 0.2) is 35.5 Å². The van der Waals surface area contributed by atoms with Crippen molar-refractivity contribution in [3.05, 3.63) is 51.8 Å². The predicted molar refractivity (Wildman–Crippen MR) is 97.7 cm³/mol. The number of piperazine rings is 1. The molecule has 1 aromatic carbocycles. The van der Waals surface area contributed by atoms with Gasteiger partial charge in [-0.05, 0) is 42.5 Å². The number of nitrogens with zero attached hydrogens (tertiary/aromatic N) is 5. The fraction of sp³-hybridized carbons (Fsp3) is 0.471. The van der Waals surface area contributed by atoms with E-state index in [1.165, 1.54) is 26.9 Å². The molecule has 1 fully saturated rings. The third kappa shape index (κ3) is 3.60. The molecule has 0 amide bonds. The number of hydrogen-bond acceptors (Lipinski definition) is 6. The van der Waals surface area contributed by atoms with E-state index in [4.69, 9.17) is 0 Å². The van der Waals surface area contributed by atoms with Crippen LogP contribution in [0.2, 0.25) is 0 Å². The number of nitro groups is 1. The molecule has 1 aromatic heterocycles. The molecule has 0 bridgehead atoms. The van der Waals surface area contributed by atoms with Gasteiger partial charge in [-0.1, -0.05) is 6.07 Å². The quantitative estimate of drug-likeness (QED) is 0.561. The number of hydrogen-bond donors (Lipinski definition) is 0. The summed E-state index contributed by atoms with van der Waals surface area (Å²) in [5.74, 6) is 0. The summed E-state index contributed by atoms with van der Waals surface area (Å²) in [6, 6.07) is 5.48. The Labute approximate surface area is 157 Å². The summed E-state index contributed by atoms with van der Waals surface area (Å²) in [7, 11) is -3.49. The van der Waals surface area contributed by atoms with Crippen LogP contribution in [0.25, 0.3) is 0 Å². The van der Waals surface area contributed by atoms with Gasteiger partial charge in [-0.25, -0.2) is 8.42 Å². The fourth-order valence-corrected chi connectivity index (χ4v) is 5.17. The van der Waals surface area contributed by atoms with E-state index in [-0.39, 0.29) is 5.69 Å². The number of aromatic nitrogens is 2. The van der Waals surface area contributed by atoms with Crippen LogP contribution in [-0.2, 0) is 29.5 Å². The van der Waals surface area contributed by atoms with Crippen LogP contribution in [0, 0.1) is 10.1 Å². The first-order valence-electron chi connectivity index (χ1n) is 8.95. The standard InChI is InChI=1S/C17H21N5O4S/c23-22(24)16-11-18-20(12-16)13-19-6-8-21(9-7-19)27(25,26)17-5-4-14-2-1-3-15(14)10-17/h4-5,10-12H,1-3,6-9,13H2. The van der Waals surface area contributed by atoms with Crippen LogP contribution in [-0.4, -0.2) is 58.5 Å². The van der Waals surface area contributed by atoms with Crippen LogP contribution in [0.1, 0.15) is 17.5 Å². The largest absolute Gasteiger partial charge is 0.307 e. The van der Waals surface area contributed by atoms with Gasteiger partial charge in [-0.15, -0.1) is 0 Å². The van der Waals surface area contributed by atoms with Gasteiger partial charge in [0.1, 0.15) is 12.4 Å². The van der Waals surface area contributed by atoms with E-state index in [0.717, 1.165) is 24.8 Å². The average molecular weight is 391 g/mol. The molecule has 1 aliphatic carbocycles.